The highest BCUT2D eigenvalue weighted by Crippen LogP contribution is 2.12. The fourth-order valence-electron chi connectivity index (χ4n) is 1.90. The second-order valence-corrected chi connectivity index (χ2v) is 6.01. The molecule has 0 aliphatic carbocycles. The Morgan fingerprint density at radius 2 is 1.04 bits per heavy atom. The third kappa shape index (κ3) is 51.7. The molecule has 3 nitrogen and oxygen atoms in total. The lowest BCUT2D eigenvalue weighted by atomic mass is 10.1. The molecule has 0 bridgehead atoms. The van der Waals surface area contributed by atoms with Gasteiger partial charge in [-0.3, -0.25) is 0 Å². The number of aliphatic hydroxyl groups excluding tert-OH is 2. The van der Waals surface area contributed by atoms with Crippen LogP contribution in [0.2, 0.25) is 0 Å². The summed E-state index contributed by atoms with van der Waals surface area (Å²) < 4.78 is 5.94. The van der Waals surface area contributed by atoms with Crippen molar-refractivity contribution in [2.75, 3.05) is 13.2 Å². The molecule has 0 spiro atoms. The van der Waals surface area contributed by atoms with Crippen molar-refractivity contribution in [2.45, 2.75) is 105 Å². The molecule has 0 saturated heterocycles. The topological polar surface area (TPSA) is 49.7 Å². The molecule has 0 saturated carbocycles. The van der Waals surface area contributed by atoms with E-state index in [-0.39, 0.29) is 13.2 Å². The summed E-state index contributed by atoms with van der Waals surface area (Å²) in [6.07, 6.45) is 14.8. The molecule has 2 N–H and O–H groups in total. The van der Waals surface area contributed by atoms with E-state index in [0.29, 0.717) is 12.2 Å². The predicted octanol–water partition coefficient (Wildman–Crippen LogP) is 6.30. The molecule has 2 unspecified atom stereocenters. The molecular weight excluding hydrogens is 312 g/mol. The third-order valence-electron chi connectivity index (χ3n) is 2.99. The lowest BCUT2D eigenvalue weighted by molar-refractivity contribution is -0.00220. The highest BCUT2D eigenvalue weighted by Gasteiger charge is 2.07. The summed E-state index contributed by atoms with van der Waals surface area (Å²) in [4.78, 5) is 0. The molecule has 0 heterocycles. The smallest absolute Gasteiger partial charge is 0.0662 e. The number of rotatable bonds is 11. The molecule has 0 aromatic carbocycles. The summed E-state index contributed by atoms with van der Waals surface area (Å²) in [7, 11) is 0. The van der Waals surface area contributed by atoms with E-state index in [1.807, 2.05) is 13.8 Å². The maximum atomic E-state index is 7.62. The summed E-state index contributed by atoms with van der Waals surface area (Å²) in [5, 5.41) is 15.2. The van der Waals surface area contributed by atoms with E-state index in [9.17, 15) is 0 Å². The zero-order valence-electron chi connectivity index (χ0n) is 18.1. The predicted molar refractivity (Wildman–Crippen MR) is 114 cm³/mol. The molecule has 0 aliphatic rings. The lowest BCUT2D eigenvalue weighted by Gasteiger charge is -2.19. The molecule has 25 heavy (non-hydrogen) atoms. The zero-order valence-corrected chi connectivity index (χ0v) is 18.1. The molecule has 0 aliphatic heterocycles. The van der Waals surface area contributed by atoms with E-state index in [1.54, 1.807) is 12.2 Å². The Labute approximate surface area is 159 Å². The van der Waals surface area contributed by atoms with Crippen LogP contribution < -0.4 is 0 Å². The van der Waals surface area contributed by atoms with Crippen molar-refractivity contribution in [1.82, 2.24) is 0 Å². The third-order valence-corrected chi connectivity index (χ3v) is 2.99. The minimum absolute atomic E-state index is 0.125. The van der Waals surface area contributed by atoms with Crippen LogP contribution in [0, 0.1) is 0 Å². The molecule has 3 heteroatoms. The van der Waals surface area contributed by atoms with Crippen LogP contribution >= 0.6 is 0 Å². The first-order chi connectivity index (χ1) is 11.9. The second-order valence-electron chi connectivity index (χ2n) is 6.01. The molecule has 2 atom stereocenters. The van der Waals surface area contributed by atoms with Gasteiger partial charge in [0.2, 0.25) is 0 Å². The van der Waals surface area contributed by atoms with Crippen LogP contribution in [0.3, 0.4) is 0 Å². The number of hydrogen-bond donors (Lipinski definition) is 2. The van der Waals surface area contributed by atoms with E-state index in [4.69, 9.17) is 14.9 Å². The fourth-order valence-corrected chi connectivity index (χ4v) is 1.90. The second kappa shape index (κ2) is 34.6. The van der Waals surface area contributed by atoms with Gasteiger partial charge < -0.3 is 14.9 Å². The number of ether oxygens (including phenoxy) is 1. The van der Waals surface area contributed by atoms with Crippen molar-refractivity contribution in [3.63, 3.8) is 0 Å². The highest BCUT2D eigenvalue weighted by atomic mass is 16.5. The van der Waals surface area contributed by atoms with Crippen molar-refractivity contribution in [3.05, 3.63) is 25.3 Å². The van der Waals surface area contributed by atoms with Crippen LogP contribution in [0.4, 0.5) is 0 Å². The molecule has 154 valence electrons. The van der Waals surface area contributed by atoms with E-state index in [1.165, 1.54) is 51.4 Å². The number of allylic oxidation sites excluding steroid dienone is 2. The first-order valence-corrected chi connectivity index (χ1v) is 9.96. The van der Waals surface area contributed by atoms with Crippen LogP contribution in [0.5, 0.6) is 0 Å². The Kier molecular flexibility index (Phi) is 44.4. The van der Waals surface area contributed by atoms with E-state index in [2.05, 4.69) is 40.9 Å². The fraction of sp³-hybridized carbons (Fsp3) is 0.818. The Morgan fingerprint density at radius 1 is 0.760 bits per heavy atom. The van der Waals surface area contributed by atoms with Gasteiger partial charge in [-0.15, -0.1) is 13.2 Å². The van der Waals surface area contributed by atoms with Gasteiger partial charge in [0.1, 0.15) is 0 Å². The summed E-state index contributed by atoms with van der Waals surface area (Å²) >= 11 is 0. The average Bonchev–Trinajstić information content (AvgIpc) is 2.57. The molecular formula is C22H48O3. The maximum Gasteiger partial charge on any atom is 0.0662 e. The molecule has 0 amide bonds. The van der Waals surface area contributed by atoms with Crippen LogP contribution in [-0.2, 0) is 4.74 Å². The molecule has 0 rings (SSSR count). The van der Waals surface area contributed by atoms with Gasteiger partial charge in [0.05, 0.1) is 25.4 Å². The summed E-state index contributed by atoms with van der Waals surface area (Å²) in [5.41, 5.74) is 0. The molecule has 0 radical (unpaired) electrons. The van der Waals surface area contributed by atoms with Gasteiger partial charge in [0.15, 0.2) is 0 Å². The number of unbranched alkanes of at least 4 members (excludes halogenated alkanes) is 4. The largest absolute Gasteiger partial charge is 0.394 e. The minimum atomic E-state index is -0.125. The number of hydrogen-bond acceptors (Lipinski definition) is 3. The van der Waals surface area contributed by atoms with Crippen LogP contribution in [0.15, 0.2) is 25.3 Å². The summed E-state index contributed by atoms with van der Waals surface area (Å²) in [6, 6.07) is 0. The first-order valence-electron chi connectivity index (χ1n) is 9.96. The van der Waals surface area contributed by atoms with Crippen molar-refractivity contribution in [2.24, 2.45) is 0 Å². The van der Waals surface area contributed by atoms with Crippen molar-refractivity contribution >= 4 is 0 Å². The monoisotopic (exact) mass is 360 g/mol. The van der Waals surface area contributed by atoms with Gasteiger partial charge in [-0.2, -0.15) is 0 Å². The highest BCUT2D eigenvalue weighted by molar-refractivity contribution is 4.57. The molecule has 0 fully saturated rings. The Balaban J connectivity index is -0.000000181. The Hall–Kier alpha value is -0.640. The van der Waals surface area contributed by atoms with Gasteiger partial charge >= 0.3 is 0 Å². The van der Waals surface area contributed by atoms with Crippen molar-refractivity contribution < 1.29 is 14.9 Å². The normalized spacial score (nSPS) is 11.4. The average molecular weight is 361 g/mol. The number of aliphatic hydroxyl groups is 2. The van der Waals surface area contributed by atoms with Gasteiger partial charge in [-0.25, -0.2) is 0 Å². The molecule has 0 aromatic rings. The molecule has 0 aromatic heterocycles. The summed E-state index contributed by atoms with van der Waals surface area (Å²) in [6.45, 7) is 19.2. The quantitative estimate of drug-likeness (QED) is 0.336. The maximum absolute atomic E-state index is 7.62. The minimum Gasteiger partial charge on any atom is -0.394 e. The van der Waals surface area contributed by atoms with Crippen LogP contribution in [0.25, 0.3) is 0 Å². The lowest BCUT2D eigenvalue weighted by Crippen LogP contribution is -2.17. The Bertz CT molecular complexity index is 195. The van der Waals surface area contributed by atoms with E-state index < -0.39 is 0 Å². The van der Waals surface area contributed by atoms with Gasteiger partial charge in [-0.1, -0.05) is 64.5 Å². The summed E-state index contributed by atoms with van der Waals surface area (Å²) in [5.74, 6) is 0. The zero-order chi connectivity index (χ0) is 20.3. The van der Waals surface area contributed by atoms with Crippen LogP contribution in [0.1, 0.15) is 92.9 Å². The van der Waals surface area contributed by atoms with Gasteiger partial charge in [-0.05, 0) is 40.5 Å². The standard InChI is InChI=1S/C14H30O.2C3H6.C2H6O2/c1-5-7-9-11-13(3)15-14(4)12-10-8-6-2;2*1-3-2;3-1-2-4/h13-14H,5-12H2,1-4H3;2*3H,1H2,2H3;3-4H,1-2H2. The van der Waals surface area contributed by atoms with E-state index in [0.717, 1.165) is 0 Å². The van der Waals surface area contributed by atoms with Crippen LogP contribution in [-0.4, -0.2) is 35.6 Å². The van der Waals surface area contributed by atoms with Gasteiger partial charge in [0, 0.05) is 0 Å². The van der Waals surface area contributed by atoms with E-state index >= 15 is 0 Å². The van der Waals surface area contributed by atoms with Crippen molar-refractivity contribution in [3.8, 4) is 0 Å². The Morgan fingerprint density at radius 3 is 1.24 bits per heavy atom. The van der Waals surface area contributed by atoms with Gasteiger partial charge in [0.25, 0.3) is 0 Å². The first kappa shape index (κ1) is 32.1. The van der Waals surface area contributed by atoms with Crippen molar-refractivity contribution in [1.29, 1.82) is 0 Å². The SMILES string of the molecule is C=CC.C=CC.CCCCCC(C)OC(C)CCCCC.OCCO.